The SMILES string of the molecule is CC(C)=Cc1ccc2c(=O)oc(C(=O)O)cc2c1. The first-order valence-corrected chi connectivity index (χ1v) is 5.43. The summed E-state index contributed by atoms with van der Waals surface area (Å²) in [6, 6.07) is 6.57. The van der Waals surface area contributed by atoms with Gasteiger partial charge in [-0.2, -0.15) is 0 Å². The fourth-order valence-corrected chi connectivity index (χ4v) is 1.74. The first-order chi connectivity index (χ1) is 8.47. The number of allylic oxidation sites excluding steroid dienone is 1. The lowest BCUT2D eigenvalue weighted by Gasteiger charge is -2.01. The van der Waals surface area contributed by atoms with Crippen LogP contribution in [0.25, 0.3) is 16.8 Å². The molecule has 1 aromatic carbocycles. The van der Waals surface area contributed by atoms with Gasteiger partial charge in [0.1, 0.15) is 0 Å². The first-order valence-electron chi connectivity index (χ1n) is 5.43. The van der Waals surface area contributed by atoms with Crippen molar-refractivity contribution in [3.8, 4) is 0 Å². The Hall–Kier alpha value is -2.36. The molecule has 0 spiro atoms. The van der Waals surface area contributed by atoms with Gasteiger partial charge in [-0.3, -0.25) is 0 Å². The highest BCUT2D eigenvalue weighted by Crippen LogP contribution is 2.16. The van der Waals surface area contributed by atoms with E-state index in [0.717, 1.165) is 11.1 Å². The Morgan fingerprint density at radius 1 is 1.28 bits per heavy atom. The number of fused-ring (bicyclic) bond motifs is 1. The lowest BCUT2D eigenvalue weighted by Crippen LogP contribution is -2.06. The van der Waals surface area contributed by atoms with Crippen LogP contribution in [-0.4, -0.2) is 11.1 Å². The molecule has 0 amide bonds. The number of benzene rings is 1. The predicted octanol–water partition coefficient (Wildman–Crippen LogP) is 2.91. The predicted molar refractivity (Wildman–Crippen MR) is 68.8 cm³/mol. The molecule has 0 fully saturated rings. The maximum atomic E-state index is 11.6. The largest absolute Gasteiger partial charge is 0.475 e. The van der Waals surface area contributed by atoms with E-state index in [9.17, 15) is 9.59 Å². The minimum Gasteiger partial charge on any atom is -0.475 e. The number of carbonyl (C=O) groups is 1. The molecule has 4 nitrogen and oxygen atoms in total. The minimum atomic E-state index is -1.25. The van der Waals surface area contributed by atoms with Crippen LogP contribution in [0.5, 0.6) is 0 Å². The van der Waals surface area contributed by atoms with Crippen LogP contribution in [0.1, 0.15) is 30.0 Å². The summed E-state index contributed by atoms with van der Waals surface area (Å²) in [5.74, 6) is -1.59. The molecule has 0 aliphatic carbocycles. The maximum absolute atomic E-state index is 11.6. The Morgan fingerprint density at radius 3 is 2.61 bits per heavy atom. The van der Waals surface area contributed by atoms with Crippen molar-refractivity contribution in [2.45, 2.75) is 13.8 Å². The van der Waals surface area contributed by atoms with Gasteiger partial charge in [0.15, 0.2) is 0 Å². The molecule has 0 radical (unpaired) electrons. The van der Waals surface area contributed by atoms with Gasteiger partial charge in [-0.25, -0.2) is 9.59 Å². The van der Waals surface area contributed by atoms with Gasteiger partial charge < -0.3 is 9.52 Å². The number of carboxylic acids is 1. The zero-order valence-electron chi connectivity index (χ0n) is 10.1. The van der Waals surface area contributed by atoms with Crippen molar-refractivity contribution in [2.75, 3.05) is 0 Å². The van der Waals surface area contributed by atoms with Gasteiger partial charge in [0, 0.05) is 0 Å². The molecule has 1 N–H and O–H groups in total. The van der Waals surface area contributed by atoms with E-state index >= 15 is 0 Å². The molecule has 0 saturated carbocycles. The number of rotatable bonds is 2. The van der Waals surface area contributed by atoms with Crippen molar-refractivity contribution in [3.05, 3.63) is 51.6 Å². The second kappa shape index (κ2) is 4.49. The molecule has 18 heavy (non-hydrogen) atoms. The summed E-state index contributed by atoms with van der Waals surface area (Å²) in [6.45, 7) is 3.93. The van der Waals surface area contributed by atoms with Crippen molar-refractivity contribution >= 4 is 22.8 Å². The lowest BCUT2D eigenvalue weighted by molar-refractivity contribution is 0.0658. The molecule has 92 valence electrons. The normalized spacial score (nSPS) is 10.3. The van der Waals surface area contributed by atoms with Crippen molar-refractivity contribution in [3.63, 3.8) is 0 Å². The molecule has 1 heterocycles. The summed E-state index contributed by atoms with van der Waals surface area (Å²) in [4.78, 5) is 22.4. The Labute approximate surface area is 103 Å². The average Bonchev–Trinajstić information content (AvgIpc) is 2.27. The Bertz CT molecular complexity index is 703. The van der Waals surface area contributed by atoms with Crippen LogP contribution in [0.4, 0.5) is 0 Å². The molecule has 1 aromatic heterocycles. The summed E-state index contributed by atoms with van der Waals surface area (Å²) in [5.41, 5.74) is 1.41. The van der Waals surface area contributed by atoms with Gasteiger partial charge in [-0.1, -0.05) is 17.7 Å². The van der Waals surface area contributed by atoms with Gasteiger partial charge in [-0.05, 0) is 43.0 Å². The van der Waals surface area contributed by atoms with E-state index in [1.165, 1.54) is 6.07 Å². The van der Waals surface area contributed by atoms with Crippen LogP contribution in [0.15, 0.2) is 39.1 Å². The number of aromatic carboxylic acids is 1. The van der Waals surface area contributed by atoms with Crippen molar-refractivity contribution in [1.82, 2.24) is 0 Å². The van der Waals surface area contributed by atoms with Gasteiger partial charge in [0.2, 0.25) is 5.76 Å². The van der Waals surface area contributed by atoms with E-state index in [0.29, 0.717) is 10.8 Å². The molecule has 0 bridgehead atoms. The molecule has 0 unspecified atom stereocenters. The zero-order chi connectivity index (χ0) is 13.3. The smallest absolute Gasteiger partial charge is 0.371 e. The van der Waals surface area contributed by atoms with E-state index in [2.05, 4.69) is 0 Å². The molecular weight excluding hydrogens is 232 g/mol. The highest BCUT2D eigenvalue weighted by molar-refractivity contribution is 5.91. The quantitative estimate of drug-likeness (QED) is 0.881. The zero-order valence-corrected chi connectivity index (χ0v) is 10.1. The van der Waals surface area contributed by atoms with E-state index in [1.807, 2.05) is 19.9 Å². The van der Waals surface area contributed by atoms with Crippen LogP contribution in [0.3, 0.4) is 0 Å². The third-order valence-corrected chi connectivity index (χ3v) is 2.45. The van der Waals surface area contributed by atoms with Crippen LogP contribution >= 0.6 is 0 Å². The molecule has 0 aliphatic rings. The number of hydrogen-bond acceptors (Lipinski definition) is 3. The molecule has 2 rings (SSSR count). The summed E-state index contributed by atoms with van der Waals surface area (Å²) in [5, 5.41) is 9.79. The number of hydrogen-bond donors (Lipinski definition) is 1. The van der Waals surface area contributed by atoms with E-state index in [4.69, 9.17) is 9.52 Å². The van der Waals surface area contributed by atoms with Crippen LogP contribution in [0, 0.1) is 0 Å². The summed E-state index contributed by atoms with van der Waals surface area (Å²) in [7, 11) is 0. The molecule has 0 aliphatic heterocycles. The summed E-state index contributed by atoms with van der Waals surface area (Å²) < 4.78 is 4.70. The van der Waals surface area contributed by atoms with Crippen LogP contribution in [-0.2, 0) is 0 Å². The molecule has 0 atom stereocenters. The highest BCUT2D eigenvalue weighted by Gasteiger charge is 2.10. The van der Waals surface area contributed by atoms with Crippen molar-refractivity contribution in [1.29, 1.82) is 0 Å². The Morgan fingerprint density at radius 2 is 2.00 bits per heavy atom. The summed E-state index contributed by atoms with van der Waals surface area (Å²) in [6.07, 6.45) is 1.95. The second-order valence-electron chi connectivity index (χ2n) is 4.27. The summed E-state index contributed by atoms with van der Waals surface area (Å²) >= 11 is 0. The van der Waals surface area contributed by atoms with E-state index in [1.54, 1.807) is 18.2 Å². The maximum Gasteiger partial charge on any atom is 0.371 e. The fourth-order valence-electron chi connectivity index (χ4n) is 1.74. The van der Waals surface area contributed by atoms with Gasteiger partial charge in [0.25, 0.3) is 0 Å². The Kier molecular flexibility index (Phi) is 3.02. The minimum absolute atomic E-state index is 0.346. The molecule has 4 heteroatoms. The Balaban J connectivity index is 2.71. The molecule has 2 aromatic rings. The number of carboxylic acid groups (broad SMARTS) is 1. The third kappa shape index (κ3) is 2.32. The third-order valence-electron chi connectivity index (χ3n) is 2.45. The van der Waals surface area contributed by atoms with Gasteiger partial charge >= 0.3 is 11.6 Å². The monoisotopic (exact) mass is 244 g/mol. The van der Waals surface area contributed by atoms with Crippen LogP contribution < -0.4 is 5.63 Å². The average molecular weight is 244 g/mol. The van der Waals surface area contributed by atoms with Gasteiger partial charge in [0.05, 0.1) is 5.39 Å². The van der Waals surface area contributed by atoms with Gasteiger partial charge in [-0.15, -0.1) is 0 Å². The lowest BCUT2D eigenvalue weighted by atomic mass is 10.1. The molecular formula is C14H12O4. The first kappa shape index (κ1) is 12.1. The topological polar surface area (TPSA) is 67.5 Å². The van der Waals surface area contributed by atoms with Crippen molar-refractivity contribution < 1.29 is 14.3 Å². The fraction of sp³-hybridized carbons (Fsp3) is 0.143. The second-order valence-corrected chi connectivity index (χ2v) is 4.27. The van der Waals surface area contributed by atoms with Crippen molar-refractivity contribution in [2.24, 2.45) is 0 Å². The standard InChI is InChI=1S/C14H12O4/c1-8(2)5-9-3-4-11-10(6-9)7-12(13(15)16)18-14(11)17/h3-7H,1-2H3,(H,15,16). The van der Waals surface area contributed by atoms with E-state index < -0.39 is 11.6 Å². The van der Waals surface area contributed by atoms with Crippen LogP contribution in [0.2, 0.25) is 0 Å². The highest BCUT2D eigenvalue weighted by atomic mass is 16.4. The molecule has 0 saturated heterocycles. The van der Waals surface area contributed by atoms with E-state index in [-0.39, 0.29) is 5.76 Å².